The Hall–Kier alpha value is -1.85. The van der Waals surface area contributed by atoms with Crippen molar-refractivity contribution in [3.05, 3.63) is 29.8 Å². The fraction of sp³-hybridized carbons (Fsp3) is 0.562. The van der Waals surface area contributed by atoms with E-state index in [0.717, 1.165) is 44.4 Å². The van der Waals surface area contributed by atoms with Crippen LogP contribution in [0.1, 0.15) is 26.2 Å². The fourth-order valence-electron chi connectivity index (χ4n) is 2.61. The van der Waals surface area contributed by atoms with Gasteiger partial charge < -0.3 is 15.5 Å². The first kappa shape index (κ1) is 16.5. The van der Waals surface area contributed by atoms with E-state index in [0.29, 0.717) is 12.2 Å². The van der Waals surface area contributed by atoms with Crippen LogP contribution in [0.3, 0.4) is 0 Å². The van der Waals surface area contributed by atoms with Crippen LogP contribution in [0.2, 0.25) is 0 Å². The first-order valence-corrected chi connectivity index (χ1v) is 7.81. The van der Waals surface area contributed by atoms with E-state index in [1.807, 2.05) is 4.90 Å². The molecule has 1 saturated heterocycles. The molecule has 0 aliphatic carbocycles. The molecule has 22 heavy (non-hydrogen) atoms. The van der Waals surface area contributed by atoms with Crippen LogP contribution in [0.25, 0.3) is 0 Å². The number of aliphatic imine (C=N–C) groups is 1. The molecule has 0 aromatic heterocycles. The lowest BCUT2D eigenvalue weighted by Crippen LogP contribution is -2.44. The van der Waals surface area contributed by atoms with Gasteiger partial charge in [0.25, 0.3) is 0 Å². The second-order valence-corrected chi connectivity index (χ2v) is 5.52. The third kappa shape index (κ3) is 4.32. The lowest BCUT2D eigenvalue weighted by atomic mass is 10.2. The second-order valence-electron chi connectivity index (χ2n) is 5.52. The van der Waals surface area contributed by atoms with Crippen LogP contribution in [0.5, 0.6) is 0 Å². The lowest BCUT2D eigenvalue weighted by molar-refractivity contribution is 0.580. The molecular weight excluding hydrogens is 286 g/mol. The minimum atomic E-state index is -0.546. The molecule has 0 spiro atoms. The quantitative estimate of drug-likeness (QED) is 0.499. The molecule has 1 heterocycles. The number of anilines is 1. The standard InChI is InChI=1S/C16H24F2N4/c1-3-4-8-20-16(19-2)21-13-7-9-22(11-13)15-6-5-12(17)10-14(15)18/h5-6,10,13H,3-4,7-9,11H2,1-2H3,(H2,19,20,21). The fourth-order valence-corrected chi connectivity index (χ4v) is 2.61. The summed E-state index contributed by atoms with van der Waals surface area (Å²) in [6.45, 7) is 4.45. The number of hydrogen-bond acceptors (Lipinski definition) is 2. The zero-order valence-electron chi connectivity index (χ0n) is 13.2. The molecular formula is C16H24F2N4. The van der Waals surface area contributed by atoms with Gasteiger partial charge in [-0.25, -0.2) is 8.78 Å². The van der Waals surface area contributed by atoms with E-state index in [9.17, 15) is 8.78 Å². The maximum Gasteiger partial charge on any atom is 0.191 e. The Bertz CT molecular complexity index is 519. The molecule has 1 fully saturated rings. The molecule has 0 saturated carbocycles. The van der Waals surface area contributed by atoms with Crippen molar-refractivity contribution in [2.24, 2.45) is 4.99 Å². The minimum absolute atomic E-state index is 0.206. The molecule has 1 aliphatic rings. The normalized spacial score (nSPS) is 18.6. The number of rotatable bonds is 5. The molecule has 0 bridgehead atoms. The zero-order valence-corrected chi connectivity index (χ0v) is 13.2. The number of benzene rings is 1. The van der Waals surface area contributed by atoms with E-state index < -0.39 is 11.6 Å². The van der Waals surface area contributed by atoms with Crippen molar-refractivity contribution in [3.63, 3.8) is 0 Å². The zero-order chi connectivity index (χ0) is 15.9. The third-order valence-electron chi connectivity index (χ3n) is 3.83. The Balaban J connectivity index is 1.89. The van der Waals surface area contributed by atoms with Crippen molar-refractivity contribution < 1.29 is 8.78 Å². The van der Waals surface area contributed by atoms with Crippen LogP contribution in [-0.2, 0) is 0 Å². The summed E-state index contributed by atoms with van der Waals surface area (Å²) in [6.07, 6.45) is 3.12. The van der Waals surface area contributed by atoms with E-state index in [2.05, 4.69) is 22.5 Å². The van der Waals surface area contributed by atoms with Crippen LogP contribution in [0.4, 0.5) is 14.5 Å². The summed E-state index contributed by atoms with van der Waals surface area (Å²) in [7, 11) is 1.74. The average Bonchev–Trinajstić information content (AvgIpc) is 2.94. The van der Waals surface area contributed by atoms with E-state index in [4.69, 9.17) is 0 Å². The van der Waals surface area contributed by atoms with E-state index >= 15 is 0 Å². The summed E-state index contributed by atoms with van der Waals surface area (Å²) < 4.78 is 26.8. The molecule has 6 heteroatoms. The van der Waals surface area contributed by atoms with Crippen molar-refractivity contribution in [1.82, 2.24) is 10.6 Å². The Morgan fingerprint density at radius 1 is 1.41 bits per heavy atom. The van der Waals surface area contributed by atoms with Crippen LogP contribution in [0.15, 0.2) is 23.2 Å². The highest BCUT2D eigenvalue weighted by atomic mass is 19.1. The number of hydrogen-bond donors (Lipinski definition) is 2. The van der Waals surface area contributed by atoms with Crippen LogP contribution in [-0.4, -0.2) is 38.7 Å². The van der Waals surface area contributed by atoms with Gasteiger partial charge >= 0.3 is 0 Å². The smallest absolute Gasteiger partial charge is 0.191 e. The highest BCUT2D eigenvalue weighted by molar-refractivity contribution is 5.80. The molecule has 1 aliphatic heterocycles. The predicted molar refractivity (Wildman–Crippen MR) is 86.4 cm³/mol. The number of nitrogens with zero attached hydrogens (tertiary/aromatic N) is 2. The molecule has 1 aromatic carbocycles. The number of unbranched alkanes of at least 4 members (excludes halogenated alkanes) is 1. The van der Waals surface area contributed by atoms with Gasteiger partial charge in [0.05, 0.1) is 5.69 Å². The third-order valence-corrected chi connectivity index (χ3v) is 3.83. The summed E-state index contributed by atoms with van der Waals surface area (Å²) in [5, 5.41) is 6.62. The predicted octanol–water partition coefficient (Wildman–Crippen LogP) is 2.51. The van der Waals surface area contributed by atoms with Crippen LogP contribution in [0, 0.1) is 11.6 Å². The molecule has 1 atom stereocenters. The van der Waals surface area contributed by atoms with Crippen LogP contribution < -0.4 is 15.5 Å². The van der Waals surface area contributed by atoms with Gasteiger partial charge in [-0.3, -0.25) is 4.99 Å². The van der Waals surface area contributed by atoms with Gasteiger partial charge in [-0.2, -0.15) is 0 Å². The molecule has 2 rings (SSSR count). The summed E-state index contributed by atoms with van der Waals surface area (Å²) >= 11 is 0. The van der Waals surface area contributed by atoms with Crippen molar-refractivity contribution in [3.8, 4) is 0 Å². The topological polar surface area (TPSA) is 39.7 Å². The summed E-state index contributed by atoms with van der Waals surface area (Å²) in [6, 6.07) is 3.94. The van der Waals surface area contributed by atoms with Gasteiger partial charge in [0.15, 0.2) is 5.96 Å². The monoisotopic (exact) mass is 310 g/mol. The lowest BCUT2D eigenvalue weighted by Gasteiger charge is -2.21. The number of nitrogens with one attached hydrogen (secondary N) is 2. The average molecular weight is 310 g/mol. The van der Waals surface area contributed by atoms with E-state index in [1.165, 1.54) is 12.1 Å². The molecule has 122 valence electrons. The SMILES string of the molecule is CCCCNC(=NC)NC1CCN(c2ccc(F)cc2F)C1. The molecule has 4 nitrogen and oxygen atoms in total. The van der Waals surface area contributed by atoms with Gasteiger partial charge in [0.2, 0.25) is 0 Å². The van der Waals surface area contributed by atoms with Gasteiger partial charge in [-0.1, -0.05) is 13.3 Å². The van der Waals surface area contributed by atoms with Crippen molar-refractivity contribution in [2.75, 3.05) is 31.6 Å². The Labute approximate surface area is 130 Å². The maximum atomic E-state index is 13.8. The summed E-state index contributed by atoms with van der Waals surface area (Å²) in [4.78, 5) is 6.14. The van der Waals surface area contributed by atoms with Crippen molar-refractivity contribution >= 4 is 11.6 Å². The maximum absolute atomic E-state index is 13.8. The Morgan fingerprint density at radius 2 is 2.23 bits per heavy atom. The van der Waals surface area contributed by atoms with E-state index in [-0.39, 0.29) is 6.04 Å². The van der Waals surface area contributed by atoms with Gasteiger partial charge in [0.1, 0.15) is 11.6 Å². The van der Waals surface area contributed by atoms with Gasteiger partial charge in [-0.05, 0) is 25.0 Å². The largest absolute Gasteiger partial charge is 0.367 e. The van der Waals surface area contributed by atoms with Crippen molar-refractivity contribution in [1.29, 1.82) is 0 Å². The second kappa shape index (κ2) is 7.96. The highest BCUT2D eigenvalue weighted by Gasteiger charge is 2.25. The molecule has 0 radical (unpaired) electrons. The molecule has 2 N–H and O–H groups in total. The molecule has 1 unspecified atom stereocenters. The van der Waals surface area contributed by atoms with Crippen molar-refractivity contribution in [2.45, 2.75) is 32.2 Å². The number of halogens is 2. The van der Waals surface area contributed by atoms with Gasteiger partial charge in [0, 0.05) is 38.8 Å². The Morgan fingerprint density at radius 3 is 2.91 bits per heavy atom. The summed E-state index contributed by atoms with van der Waals surface area (Å²) in [5.41, 5.74) is 0.458. The number of guanidine groups is 1. The van der Waals surface area contributed by atoms with Crippen LogP contribution >= 0.6 is 0 Å². The minimum Gasteiger partial charge on any atom is -0.367 e. The molecule has 0 amide bonds. The first-order valence-electron chi connectivity index (χ1n) is 7.81. The Kier molecular flexibility index (Phi) is 5.98. The first-order chi connectivity index (χ1) is 10.6. The molecule has 1 aromatic rings. The summed E-state index contributed by atoms with van der Waals surface area (Å²) in [5.74, 6) is -0.276. The highest BCUT2D eigenvalue weighted by Crippen LogP contribution is 2.24. The van der Waals surface area contributed by atoms with E-state index in [1.54, 1.807) is 7.05 Å². The van der Waals surface area contributed by atoms with Gasteiger partial charge in [-0.15, -0.1) is 0 Å².